The maximum atomic E-state index is 9.81. The van der Waals surface area contributed by atoms with E-state index >= 15 is 0 Å². The maximum absolute atomic E-state index is 9.81. The molecular weight excluding hydrogens is 380 g/mol. The quantitative estimate of drug-likeness (QED) is 0.252. The zero-order valence-electron chi connectivity index (χ0n) is 17.7. The van der Waals surface area contributed by atoms with Crippen molar-refractivity contribution < 1.29 is 14.3 Å². The normalized spacial score (nSPS) is 9.80. The van der Waals surface area contributed by atoms with Gasteiger partial charge in [-0.1, -0.05) is 6.92 Å². The van der Waals surface area contributed by atoms with E-state index in [0.717, 1.165) is 30.8 Å². The predicted molar refractivity (Wildman–Crippen MR) is 121 cm³/mol. The number of rotatable bonds is 11. The van der Waals surface area contributed by atoms with Crippen LogP contribution >= 0.6 is 0 Å². The van der Waals surface area contributed by atoms with Crippen molar-refractivity contribution in [2.75, 3.05) is 13.2 Å². The standard InChI is InChI=1S/C19H24N4O2.C4H8O/c20-18(21)14-4-8-16(9-5-14)24-12-2-1-3-13-25-17-10-6-15(7-11-17)19(22)23;1-3-4(2)5/h4-11H,1-3,12-13H2,(H3,20,21)(H3,22,23);3H2,1-2H3. The van der Waals surface area contributed by atoms with Crippen LogP contribution in [0, 0.1) is 10.8 Å². The summed E-state index contributed by atoms with van der Waals surface area (Å²) in [5.74, 6) is 1.94. The van der Waals surface area contributed by atoms with Crippen molar-refractivity contribution in [2.24, 2.45) is 11.5 Å². The van der Waals surface area contributed by atoms with Crippen molar-refractivity contribution in [2.45, 2.75) is 39.5 Å². The van der Waals surface area contributed by atoms with Crippen LogP contribution in [0.1, 0.15) is 50.7 Å². The molecule has 2 rings (SSSR count). The van der Waals surface area contributed by atoms with Gasteiger partial charge < -0.3 is 25.7 Å². The first-order chi connectivity index (χ1) is 14.3. The van der Waals surface area contributed by atoms with Crippen molar-refractivity contribution in [3.05, 3.63) is 59.7 Å². The van der Waals surface area contributed by atoms with Crippen molar-refractivity contribution in [3.8, 4) is 11.5 Å². The fourth-order valence-electron chi connectivity index (χ4n) is 2.22. The van der Waals surface area contributed by atoms with Crippen LogP contribution in [-0.4, -0.2) is 30.7 Å². The fraction of sp³-hybridized carbons (Fsp3) is 0.348. The summed E-state index contributed by atoms with van der Waals surface area (Å²) in [7, 11) is 0. The van der Waals surface area contributed by atoms with E-state index in [0.29, 0.717) is 30.8 Å². The summed E-state index contributed by atoms with van der Waals surface area (Å²) >= 11 is 0. The molecule has 0 unspecified atom stereocenters. The lowest BCUT2D eigenvalue weighted by atomic mass is 10.2. The summed E-state index contributed by atoms with van der Waals surface area (Å²) in [6.07, 6.45) is 3.57. The van der Waals surface area contributed by atoms with E-state index in [1.54, 1.807) is 31.2 Å². The first-order valence-electron chi connectivity index (χ1n) is 9.97. The Morgan fingerprint density at radius 3 is 1.37 bits per heavy atom. The minimum Gasteiger partial charge on any atom is -0.494 e. The molecule has 0 aliphatic carbocycles. The van der Waals surface area contributed by atoms with E-state index < -0.39 is 0 Å². The number of hydrogen-bond donors (Lipinski definition) is 4. The highest BCUT2D eigenvalue weighted by Crippen LogP contribution is 2.14. The van der Waals surface area contributed by atoms with E-state index in [1.165, 1.54) is 0 Å². The van der Waals surface area contributed by atoms with Crippen molar-refractivity contribution in [1.29, 1.82) is 10.8 Å². The molecule has 0 aliphatic rings. The molecule has 2 aromatic rings. The van der Waals surface area contributed by atoms with Crippen LogP contribution in [0.4, 0.5) is 0 Å². The number of benzene rings is 2. The maximum Gasteiger partial charge on any atom is 0.129 e. The Kier molecular flexibility index (Phi) is 11.3. The van der Waals surface area contributed by atoms with Gasteiger partial charge in [0, 0.05) is 17.5 Å². The lowest BCUT2D eigenvalue weighted by molar-refractivity contribution is -0.116. The smallest absolute Gasteiger partial charge is 0.129 e. The molecule has 30 heavy (non-hydrogen) atoms. The summed E-state index contributed by atoms with van der Waals surface area (Å²) in [5.41, 5.74) is 12.2. The third-order valence-electron chi connectivity index (χ3n) is 4.15. The molecule has 0 heterocycles. The van der Waals surface area contributed by atoms with Gasteiger partial charge in [0.25, 0.3) is 0 Å². The third kappa shape index (κ3) is 10.3. The number of nitrogens with two attached hydrogens (primary N) is 2. The lowest BCUT2D eigenvalue weighted by Crippen LogP contribution is -2.10. The molecule has 0 atom stereocenters. The summed E-state index contributed by atoms with van der Waals surface area (Å²) < 4.78 is 11.3. The van der Waals surface area contributed by atoms with Crippen LogP contribution in [0.25, 0.3) is 0 Å². The Labute approximate surface area is 178 Å². The van der Waals surface area contributed by atoms with Crippen LogP contribution in [0.2, 0.25) is 0 Å². The van der Waals surface area contributed by atoms with Crippen molar-refractivity contribution in [3.63, 3.8) is 0 Å². The van der Waals surface area contributed by atoms with Gasteiger partial charge in [-0.05, 0) is 74.7 Å². The molecule has 162 valence electrons. The first kappa shape index (κ1) is 24.7. The number of Topliss-reactive ketones (excluding diaryl/α,β-unsaturated/α-hetero) is 1. The van der Waals surface area contributed by atoms with Gasteiger partial charge in [0.2, 0.25) is 0 Å². The molecule has 0 aromatic heterocycles. The minimum absolute atomic E-state index is 0.0579. The number of ketones is 1. The van der Waals surface area contributed by atoms with Crippen LogP contribution in [0.5, 0.6) is 11.5 Å². The third-order valence-corrected chi connectivity index (χ3v) is 4.15. The van der Waals surface area contributed by atoms with Crippen LogP contribution in [0.3, 0.4) is 0 Å². The summed E-state index contributed by atoms with van der Waals surface area (Å²) in [6, 6.07) is 14.4. The second-order valence-electron chi connectivity index (χ2n) is 6.69. The summed E-state index contributed by atoms with van der Waals surface area (Å²) in [5, 5.41) is 14.7. The largest absolute Gasteiger partial charge is 0.494 e. The molecule has 0 aliphatic heterocycles. The molecular formula is C23H32N4O3. The van der Waals surface area contributed by atoms with Gasteiger partial charge in [0.1, 0.15) is 29.0 Å². The van der Waals surface area contributed by atoms with E-state index in [2.05, 4.69) is 0 Å². The zero-order valence-corrected chi connectivity index (χ0v) is 17.7. The molecule has 7 nitrogen and oxygen atoms in total. The molecule has 2 aromatic carbocycles. The SMILES string of the molecule is CCC(C)=O.N=C(N)c1ccc(OCCCCCOc2ccc(C(=N)N)cc2)cc1. The summed E-state index contributed by atoms with van der Waals surface area (Å²) in [6.45, 7) is 4.72. The highest BCUT2D eigenvalue weighted by Gasteiger charge is 1.99. The molecule has 0 amide bonds. The van der Waals surface area contributed by atoms with Crippen molar-refractivity contribution >= 4 is 17.5 Å². The van der Waals surface area contributed by atoms with Gasteiger partial charge in [-0.2, -0.15) is 0 Å². The summed E-state index contributed by atoms with van der Waals surface area (Å²) in [4.78, 5) is 9.81. The van der Waals surface area contributed by atoms with Crippen LogP contribution in [0.15, 0.2) is 48.5 Å². The Morgan fingerprint density at radius 2 is 1.10 bits per heavy atom. The molecule has 0 bridgehead atoms. The van der Waals surface area contributed by atoms with Gasteiger partial charge in [-0.25, -0.2) is 0 Å². The topological polar surface area (TPSA) is 135 Å². The van der Waals surface area contributed by atoms with Crippen LogP contribution in [-0.2, 0) is 4.79 Å². The highest BCUT2D eigenvalue weighted by atomic mass is 16.5. The van der Waals surface area contributed by atoms with Gasteiger partial charge in [-0.3, -0.25) is 10.8 Å². The van der Waals surface area contributed by atoms with E-state index in [1.807, 2.05) is 31.2 Å². The lowest BCUT2D eigenvalue weighted by Gasteiger charge is -2.08. The molecule has 0 fully saturated rings. The predicted octanol–water partition coefficient (Wildman–Crippen LogP) is 3.87. The Balaban J connectivity index is 0.000000804. The zero-order chi connectivity index (χ0) is 22.4. The van der Waals surface area contributed by atoms with Gasteiger partial charge in [0.15, 0.2) is 0 Å². The molecule has 7 heteroatoms. The minimum atomic E-state index is 0.0579. The first-order valence-corrected chi connectivity index (χ1v) is 9.97. The number of amidine groups is 2. The number of carbonyl (C=O) groups excluding carboxylic acids is 1. The van der Waals surface area contributed by atoms with E-state index in [4.69, 9.17) is 31.8 Å². The number of ether oxygens (including phenoxy) is 2. The molecule has 0 saturated carbocycles. The van der Waals surface area contributed by atoms with Gasteiger partial charge in [-0.15, -0.1) is 0 Å². The van der Waals surface area contributed by atoms with Crippen LogP contribution < -0.4 is 20.9 Å². The van der Waals surface area contributed by atoms with Crippen molar-refractivity contribution in [1.82, 2.24) is 0 Å². The molecule has 0 radical (unpaired) electrons. The number of nitrogens with one attached hydrogen (secondary N) is 2. The number of carbonyl (C=O) groups is 1. The number of nitrogen functional groups attached to an aromatic ring is 2. The average Bonchev–Trinajstić information content (AvgIpc) is 2.74. The van der Waals surface area contributed by atoms with E-state index in [9.17, 15) is 4.79 Å². The highest BCUT2D eigenvalue weighted by molar-refractivity contribution is 5.95. The molecule has 0 saturated heterocycles. The second-order valence-corrected chi connectivity index (χ2v) is 6.69. The molecule has 6 N–H and O–H groups in total. The Bertz CT molecular complexity index is 741. The monoisotopic (exact) mass is 412 g/mol. The van der Waals surface area contributed by atoms with E-state index in [-0.39, 0.29) is 17.5 Å². The Morgan fingerprint density at radius 1 is 0.767 bits per heavy atom. The Hall–Kier alpha value is -3.35. The van der Waals surface area contributed by atoms with Gasteiger partial charge in [0.05, 0.1) is 13.2 Å². The van der Waals surface area contributed by atoms with Gasteiger partial charge >= 0.3 is 0 Å². The average molecular weight is 413 g/mol. The second kappa shape index (κ2) is 13.8. The number of unbranched alkanes of at least 4 members (excludes halogenated alkanes) is 2. The fourth-order valence-corrected chi connectivity index (χ4v) is 2.22. The molecule has 0 spiro atoms. The number of hydrogen-bond acceptors (Lipinski definition) is 5.